The van der Waals surface area contributed by atoms with E-state index in [1.165, 1.54) is 12.1 Å². The van der Waals surface area contributed by atoms with Crippen molar-refractivity contribution in [1.29, 1.82) is 0 Å². The van der Waals surface area contributed by atoms with Crippen LogP contribution in [0, 0.1) is 13.8 Å². The second-order valence-electron chi connectivity index (χ2n) is 4.72. The third kappa shape index (κ3) is 3.18. The van der Waals surface area contributed by atoms with Gasteiger partial charge in [0.05, 0.1) is 11.5 Å². The predicted octanol–water partition coefficient (Wildman–Crippen LogP) is 2.60. The first-order chi connectivity index (χ1) is 9.42. The van der Waals surface area contributed by atoms with Crippen LogP contribution >= 0.6 is 0 Å². The Hall–Kier alpha value is -1.85. The zero-order chi connectivity index (χ0) is 14.8. The van der Waals surface area contributed by atoms with Crippen LogP contribution < -0.4 is 4.72 Å². The third-order valence-corrected chi connectivity index (χ3v) is 4.48. The van der Waals surface area contributed by atoms with Gasteiger partial charge in [0, 0.05) is 5.69 Å². The van der Waals surface area contributed by atoms with Crippen molar-refractivity contribution in [2.45, 2.75) is 25.3 Å². The summed E-state index contributed by atoms with van der Waals surface area (Å²) in [6.07, 6.45) is 0. The normalized spacial score (nSPS) is 11.3. The van der Waals surface area contributed by atoms with Gasteiger partial charge in [-0.3, -0.25) is 4.72 Å². The highest BCUT2D eigenvalue weighted by molar-refractivity contribution is 7.92. The van der Waals surface area contributed by atoms with Gasteiger partial charge in [0.1, 0.15) is 0 Å². The SMILES string of the molecule is Cc1ccc(NS(=O)(=O)c2ccc(C)c(CO)c2)cc1. The lowest BCUT2D eigenvalue weighted by Gasteiger charge is -2.10. The van der Waals surface area contributed by atoms with Crippen LogP contribution in [-0.2, 0) is 16.6 Å². The van der Waals surface area contributed by atoms with Crippen molar-refractivity contribution in [3.63, 3.8) is 0 Å². The van der Waals surface area contributed by atoms with Gasteiger partial charge in [-0.25, -0.2) is 8.42 Å². The van der Waals surface area contributed by atoms with E-state index in [-0.39, 0.29) is 11.5 Å². The van der Waals surface area contributed by atoms with Crippen LogP contribution in [0.15, 0.2) is 47.4 Å². The molecule has 2 aromatic rings. The van der Waals surface area contributed by atoms with Crippen LogP contribution in [0.1, 0.15) is 16.7 Å². The molecule has 0 amide bonds. The molecule has 0 spiro atoms. The molecule has 0 aliphatic heterocycles. The molecule has 0 atom stereocenters. The number of nitrogens with one attached hydrogen (secondary N) is 1. The summed E-state index contributed by atoms with van der Waals surface area (Å²) in [6.45, 7) is 3.58. The number of anilines is 1. The second kappa shape index (κ2) is 5.64. The number of hydrogen-bond donors (Lipinski definition) is 2. The van der Waals surface area contributed by atoms with Gasteiger partial charge in [0.25, 0.3) is 10.0 Å². The molecule has 0 aliphatic rings. The number of aryl methyl sites for hydroxylation is 2. The molecule has 2 N–H and O–H groups in total. The van der Waals surface area contributed by atoms with Gasteiger partial charge in [-0.05, 0) is 49.2 Å². The fourth-order valence-electron chi connectivity index (χ4n) is 1.82. The standard InChI is InChI=1S/C15H17NO3S/c1-11-3-6-14(7-4-11)16-20(18,19)15-8-5-12(2)13(9-15)10-17/h3-9,16-17H,10H2,1-2H3. The Balaban J connectivity index is 2.33. The summed E-state index contributed by atoms with van der Waals surface area (Å²) in [5.74, 6) is 0. The van der Waals surface area contributed by atoms with E-state index in [2.05, 4.69) is 4.72 Å². The fourth-order valence-corrected chi connectivity index (χ4v) is 2.93. The van der Waals surface area contributed by atoms with Crippen molar-refractivity contribution in [3.05, 3.63) is 59.2 Å². The Labute approximate surface area is 119 Å². The summed E-state index contributed by atoms with van der Waals surface area (Å²) in [7, 11) is -3.64. The van der Waals surface area contributed by atoms with Gasteiger partial charge in [0.2, 0.25) is 0 Å². The average molecular weight is 291 g/mol. The molecule has 5 heteroatoms. The van der Waals surface area contributed by atoms with E-state index in [0.717, 1.165) is 11.1 Å². The van der Waals surface area contributed by atoms with Gasteiger partial charge in [-0.2, -0.15) is 0 Å². The van der Waals surface area contributed by atoms with Crippen LogP contribution in [0.3, 0.4) is 0 Å². The first-order valence-corrected chi connectivity index (χ1v) is 7.70. The molecule has 0 unspecified atom stereocenters. The molecule has 2 aromatic carbocycles. The molecular formula is C15H17NO3S. The Kier molecular flexibility index (Phi) is 4.11. The highest BCUT2D eigenvalue weighted by atomic mass is 32.2. The van der Waals surface area contributed by atoms with Crippen molar-refractivity contribution in [1.82, 2.24) is 0 Å². The minimum atomic E-state index is -3.64. The number of hydrogen-bond acceptors (Lipinski definition) is 3. The highest BCUT2D eigenvalue weighted by Gasteiger charge is 2.15. The van der Waals surface area contributed by atoms with E-state index in [1.807, 2.05) is 26.0 Å². The number of aliphatic hydroxyl groups excluding tert-OH is 1. The summed E-state index contributed by atoms with van der Waals surface area (Å²) in [5, 5.41) is 9.21. The van der Waals surface area contributed by atoms with E-state index in [0.29, 0.717) is 11.3 Å². The van der Waals surface area contributed by atoms with E-state index in [4.69, 9.17) is 0 Å². The summed E-state index contributed by atoms with van der Waals surface area (Å²) >= 11 is 0. The van der Waals surface area contributed by atoms with Gasteiger partial charge < -0.3 is 5.11 Å². The van der Waals surface area contributed by atoms with Crippen LogP contribution in [-0.4, -0.2) is 13.5 Å². The minimum Gasteiger partial charge on any atom is -0.392 e. The maximum Gasteiger partial charge on any atom is 0.261 e. The lowest BCUT2D eigenvalue weighted by molar-refractivity contribution is 0.281. The van der Waals surface area contributed by atoms with Crippen molar-refractivity contribution >= 4 is 15.7 Å². The van der Waals surface area contributed by atoms with E-state index >= 15 is 0 Å². The highest BCUT2D eigenvalue weighted by Crippen LogP contribution is 2.19. The molecule has 0 saturated heterocycles. The largest absolute Gasteiger partial charge is 0.392 e. The van der Waals surface area contributed by atoms with Crippen LogP contribution in [0.4, 0.5) is 5.69 Å². The third-order valence-electron chi connectivity index (χ3n) is 3.11. The molecule has 0 fully saturated rings. The monoisotopic (exact) mass is 291 g/mol. The molecule has 2 rings (SSSR count). The smallest absolute Gasteiger partial charge is 0.261 e. The number of benzene rings is 2. The average Bonchev–Trinajstić information content (AvgIpc) is 2.41. The lowest BCUT2D eigenvalue weighted by atomic mass is 10.1. The summed E-state index contributed by atoms with van der Waals surface area (Å²) in [5.41, 5.74) is 3.05. The molecule has 0 aliphatic carbocycles. The van der Waals surface area contributed by atoms with Crippen molar-refractivity contribution < 1.29 is 13.5 Å². The molecule has 0 heterocycles. The van der Waals surface area contributed by atoms with Gasteiger partial charge in [0.15, 0.2) is 0 Å². The summed E-state index contributed by atoms with van der Waals surface area (Å²) in [4.78, 5) is 0.146. The van der Waals surface area contributed by atoms with Gasteiger partial charge in [-0.15, -0.1) is 0 Å². The first kappa shape index (κ1) is 14.6. The maximum absolute atomic E-state index is 12.3. The molecule has 20 heavy (non-hydrogen) atoms. The Morgan fingerprint density at radius 1 is 1.05 bits per heavy atom. The number of rotatable bonds is 4. The number of sulfonamides is 1. The van der Waals surface area contributed by atoms with Crippen LogP contribution in [0.25, 0.3) is 0 Å². The first-order valence-electron chi connectivity index (χ1n) is 6.22. The quantitative estimate of drug-likeness (QED) is 0.910. The fraction of sp³-hybridized carbons (Fsp3) is 0.200. The Morgan fingerprint density at radius 3 is 2.30 bits per heavy atom. The van der Waals surface area contributed by atoms with Crippen LogP contribution in [0.2, 0.25) is 0 Å². The maximum atomic E-state index is 12.3. The van der Waals surface area contributed by atoms with Crippen molar-refractivity contribution in [3.8, 4) is 0 Å². The van der Waals surface area contributed by atoms with Crippen LogP contribution in [0.5, 0.6) is 0 Å². The molecule has 4 nitrogen and oxygen atoms in total. The zero-order valence-electron chi connectivity index (χ0n) is 11.4. The van der Waals surface area contributed by atoms with Crippen molar-refractivity contribution in [2.24, 2.45) is 0 Å². The molecule has 106 valence electrons. The molecule has 0 bridgehead atoms. The predicted molar refractivity (Wildman–Crippen MR) is 79.1 cm³/mol. The van der Waals surface area contributed by atoms with Gasteiger partial charge >= 0.3 is 0 Å². The minimum absolute atomic E-state index is 0.146. The number of aliphatic hydroxyl groups is 1. The second-order valence-corrected chi connectivity index (χ2v) is 6.40. The lowest BCUT2D eigenvalue weighted by Crippen LogP contribution is -2.13. The van der Waals surface area contributed by atoms with Crippen molar-refractivity contribution in [2.75, 3.05) is 4.72 Å². The summed E-state index contributed by atoms with van der Waals surface area (Å²) in [6, 6.07) is 11.8. The van der Waals surface area contributed by atoms with E-state index in [9.17, 15) is 13.5 Å². The molecular weight excluding hydrogens is 274 g/mol. The zero-order valence-corrected chi connectivity index (χ0v) is 12.2. The molecule has 0 aromatic heterocycles. The van der Waals surface area contributed by atoms with E-state index < -0.39 is 10.0 Å². The Bertz CT molecular complexity index is 706. The van der Waals surface area contributed by atoms with Gasteiger partial charge in [-0.1, -0.05) is 23.8 Å². The molecule has 0 radical (unpaired) electrons. The van der Waals surface area contributed by atoms with E-state index in [1.54, 1.807) is 18.2 Å². The Morgan fingerprint density at radius 2 is 1.70 bits per heavy atom. The topological polar surface area (TPSA) is 66.4 Å². The summed E-state index contributed by atoms with van der Waals surface area (Å²) < 4.78 is 27.1. The molecule has 0 saturated carbocycles.